The maximum Gasteiger partial charge on any atom is 0.0771 e. The molecule has 0 amide bonds. The van der Waals surface area contributed by atoms with Gasteiger partial charge in [0.05, 0.1) is 5.60 Å². The molecule has 3 heteroatoms. The van der Waals surface area contributed by atoms with Crippen LogP contribution in [0.5, 0.6) is 0 Å². The van der Waals surface area contributed by atoms with Crippen LogP contribution in [-0.2, 0) is 0 Å². The second kappa shape index (κ2) is 5.28. The topological polar surface area (TPSA) is 44.3 Å². The minimum atomic E-state index is -0.406. The smallest absolute Gasteiger partial charge is 0.0771 e. The van der Waals surface area contributed by atoms with Gasteiger partial charge >= 0.3 is 0 Å². The van der Waals surface area contributed by atoms with Crippen LogP contribution >= 0.6 is 0 Å². The van der Waals surface area contributed by atoms with Crippen LogP contribution in [0.1, 0.15) is 44.9 Å². The van der Waals surface area contributed by atoms with E-state index in [0.29, 0.717) is 6.04 Å². The Bertz CT molecular complexity index is 184. The first kappa shape index (κ1) is 11.4. The van der Waals surface area contributed by atoms with Gasteiger partial charge in [-0.15, -0.1) is 0 Å². The first-order chi connectivity index (χ1) is 7.29. The fraction of sp³-hybridized carbons (Fsp3) is 1.00. The Labute approximate surface area is 92.6 Å². The van der Waals surface area contributed by atoms with Crippen LogP contribution in [0.25, 0.3) is 0 Å². The summed E-state index contributed by atoms with van der Waals surface area (Å²) >= 11 is 0. The van der Waals surface area contributed by atoms with Crippen molar-refractivity contribution in [3.8, 4) is 0 Å². The fourth-order valence-electron chi connectivity index (χ4n) is 2.80. The van der Waals surface area contributed by atoms with Gasteiger partial charge in [0.1, 0.15) is 0 Å². The van der Waals surface area contributed by atoms with E-state index in [1.54, 1.807) is 0 Å². The van der Waals surface area contributed by atoms with Crippen LogP contribution in [-0.4, -0.2) is 36.4 Å². The molecule has 3 N–H and O–H groups in total. The molecule has 2 rings (SSSR count). The van der Waals surface area contributed by atoms with Gasteiger partial charge in [0, 0.05) is 19.1 Å². The molecular formula is C12H24N2O. The standard InChI is InChI=1S/C12H24N2O/c15-12(6-2-1-3-7-12)10-13-9-11-5-4-8-14-11/h11,13-15H,1-10H2. The van der Waals surface area contributed by atoms with Crippen molar-refractivity contribution in [2.75, 3.05) is 19.6 Å². The van der Waals surface area contributed by atoms with Gasteiger partial charge in [-0.3, -0.25) is 0 Å². The highest BCUT2D eigenvalue weighted by molar-refractivity contribution is 4.85. The second-order valence-corrected chi connectivity index (χ2v) is 5.21. The van der Waals surface area contributed by atoms with E-state index in [2.05, 4.69) is 10.6 Å². The molecule has 1 saturated carbocycles. The molecule has 1 aliphatic carbocycles. The average molecular weight is 212 g/mol. The SMILES string of the molecule is OC1(CNCC2CCCN2)CCCCC1. The average Bonchev–Trinajstić information content (AvgIpc) is 2.71. The highest BCUT2D eigenvalue weighted by atomic mass is 16.3. The minimum Gasteiger partial charge on any atom is -0.389 e. The van der Waals surface area contributed by atoms with Gasteiger partial charge in [0.15, 0.2) is 0 Å². The monoisotopic (exact) mass is 212 g/mol. The van der Waals surface area contributed by atoms with Crippen LogP contribution in [0.4, 0.5) is 0 Å². The van der Waals surface area contributed by atoms with E-state index >= 15 is 0 Å². The molecule has 1 saturated heterocycles. The van der Waals surface area contributed by atoms with Crippen LogP contribution in [0.15, 0.2) is 0 Å². The van der Waals surface area contributed by atoms with Crippen molar-refractivity contribution < 1.29 is 5.11 Å². The van der Waals surface area contributed by atoms with E-state index in [1.807, 2.05) is 0 Å². The van der Waals surface area contributed by atoms with Crippen LogP contribution < -0.4 is 10.6 Å². The minimum absolute atomic E-state index is 0.406. The van der Waals surface area contributed by atoms with E-state index in [4.69, 9.17) is 0 Å². The number of hydrogen-bond donors (Lipinski definition) is 3. The summed E-state index contributed by atoms with van der Waals surface area (Å²) < 4.78 is 0. The molecule has 2 fully saturated rings. The van der Waals surface area contributed by atoms with Gasteiger partial charge < -0.3 is 15.7 Å². The van der Waals surface area contributed by atoms with E-state index in [0.717, 1.165) is 32.5 Å². The normalized spacial score (nSPS) is 30.6. The van der Waals surface area contributed by atoms with E-state index in [9.17, 15) is 5.11 Å². The maximum atomic E-state index is 10.3. The molecule has 0 spiro atoms. The molecular weight excluding hydrogens is 188 g/mol. The molecule has 1 aliphatic heterocycles. The third-order valence-electron chi connectivity index (χ3n) is 3.79. The molecule has 1 heterocycles. The van der Waals surface area contributed by atoms with Crippen molar-refractivity contribution in [3.05, 3.63) is 0 Å². The quantitative estimate of drug-likeness (QED) is 0.652. The number of rotatable bonds is 4. The predicted molar refractivity (Wildman–Crippen MR) is 61.9 cm³/mol. The summed E-state index contributed by atoms with van der Waals surface area (Å²) in [5.74, 6) is 0. The van der Waals surface area contributed by atoms with Crippen molar-refractivity contribution in [3.63, 3.8) is 0 Å². The van der Waals surface area contributed by atoms with Crippen molar-refractivity contribution >= 4 is 0 Å². The third-order valence-corrected chi connectivity index (χ3v) is 3.79. The lowest BCUT2D eigenvalue weighted by Crippen LogP contribution is -2.45. The third kappa shape index (κ3) is 3.44. The molecule has 0 aromatic carbocycles. The fourth-order valence-corrected chi connectivity index (χ4v) is 2.80. The van der Waals surface area contributed by atoms with Gasteiger partial charge in [-0.2, -0.15) is 0 Å². The zero-order valence-corrected chi connectivity index (χ0v) is 9.60. The Kier molecular flexibility index (Phi) is 4.00. The summed E-state index contributed by atoms with van der Waals surface area (Å²) in [7, 11) is 0. The lowest BCUT2D eigenvalue weighted by atomic mass is 9.85. The van der Waals surface area contributed by atoms with Crippen LogP contribution in [0, 0.1) is 0 Å². The van der Waals surface area contributed by atoms with Gasteiger partial charge in [-0.25, -0.2) is 0 Å². The lowest BCUT2D eigenvalue weighted by molar-refractivity contribution is 0.00476. The molecule has 0 bridgehead atoms. The Hall–Kier alpha value is -0.120. The molecule has 15 heavy (non-hydrogen) atoms. The molecule has 1 atom stereocenters. The maximum absolute atomic E-state index is 10.3. The number of aliphatic hydroxyl groups is 1. The first-order valence-corrected chi connectivity index (χ1v) is 6.45. The second-order valence-electron chi connectivity index (χ2n) is 5.21. The Morgan fingerprint density at radius 2 is 2.00 bits per heavy atom. The highest BCUT2D eigenvalue weighted by Gasteiger charge is 2.28. The molecule has 1 unspecified atom stereocenters. The van der Waals surface area contributed by atoms with Gasteiger partial charge in [0.2, 0.25) is 0 Å². The Morgan fingerprint density at radius 3 is 2.67 bits per heavy atom. The summed E-state index contributed by atoms with van der Waals surface area (Å²) in [6, 6.07) is 0.636. The van der Waals surface area contributed by atoms with Gasteiger partial charge in [0.25, 0.3) is 0 Å². The van der Waals surface area contributed by atoms with Crippen molar-refractivity contribution in [1.29, 1.82) is 0 Å². The predicted octanol–water partition coefficient (Wildman–Crippen LogP) is 1.02. The van der Waals surface area contributed by atoms with Crippen LogP contribution in [0.3, 0.4) is 0 Å². The van der Waals surface area contributed by atoms with E-state index in [1.165, 1.54) is 32.1 Å². The van der Waals surface area contributed by atoms with E-state index in [-0.39, 0.29) is 0 Å². The van der Waals surface area contributed by atoms with Crippen molar-refractivity contribution in [2.24, 2.45) is 0 Å². The summed E-state index contributed by atoms with van der Waals surface area (Å²) in [4.78, 5) is 0. The Balaban J connectivity index is 1.63. The molecule has 0 radical (unpaired) electrons. The number of nitrogens with one attached hydrogen (secondary N) is 2. The summed E-state index contributed by atoms with van der Waals surface area (Å²) in [6.07, 6.45) is 8.24. The molecule has 0 aromatic rings. The first-order valence-electron chi connectivity index (χ1n) is 6.45. The Morgan fingerprint density at radius 1 is 1.20 bits per heavy atom. The summed E-state index contributed by atoms with van der Waals surface area (Å²) in [6.45, 7) is 2.96. The molecule has 2 aliphatic rings. The molecule has 88 valence electrons. The zero-order valence-electron chi connectivity index (χ0n) is 9.60. The van der Waals surface area contributed by atoms with Crippen molar-refractivity contribution in [2.45, 2.75) is 56.6 Å². The van der Waals surface area contributed by atoms with Gasteiger partial charge in [-0.05, 0) is 32.2 Å². The number of hydrogen-bond acceptors (Lipinski definition) is 3. The summed E-state index contributed by atoms with van der Waals surface area (Å²) in [5.41, 5.74) is -0.406. The van der Waals surface area contributed by atoms with E-state index < -0.39 is 5.60 Å². The van der Waals surface area contributed by atoms with Crippen molar-refractivity contribution in [1.82, 2.24) is 10.6 Å². The lowest BCUT2D eigenvalue weighted by Gasteiger charge is -2.32. The highest BCUT2D eigenvalue weighted by Crippen LogP contribution is 2.27. The molecule has 3 nitrogen and oxygen atoms in total. The van der Waals surface area contributed by atoms with Gasteiger partial charge in [-0.1, -0.05) is 19.3 Å². The molecule has 0 aromatic heterocycles. The zero-order chi connectivity index (χ0) is 10.6. The summed E-state index contributed by atoms with van der Waals surface area (Å²) in [5, 5.41) is 17.2. The van der Waals surface area contributed by atoms with Crippen LogP contribution in [0.2, 0.25) is 0 Å². The largest absolute Gasteiger partial charge is 0.389 e.